The van der Waals surface area contributed by atoms with Crippen molar-refractivity contribution in [3.05, 3.63) is 65.2 Å². The molecule has 0 bridgehead atoms. The van der Waals surface area contributed by atoms with E-state index in [9.17, 15) is 9.59 Å². The molecular weight excluding hydrogens is 422 g/mol. The van der Waals surface area contributed by atoms with Gasteiger partial charge in [-0.3, -0.25) is 9.59 Å². The van der Waals surface area contributed by atoms with Gasteiger partial charge in [-0.1, -0.05) is 38.1 Å². The SMILES string of the molecule is CC(C)Cc1ccc(C(C)C(=O)NC(=S)Nc2ccc(C(=O)N3CCOCC3)cc2)cc1. The van der Waals surface area contributed by atoms with Gasteiger partial charge in [0.15, 0.2) is 5.11 Å². The summed E-state index contributed by atoms with van der Waals surface area (Å²) in [4.78, 5) is 26.9. The van der Waals surface area contributed by atoms with Crippen LogP contribution >= 0.6 is 12.2 Å². The summed E-state index contributed by atoms with van der Waals surface area (Å²) in [6.45, 7) is 8.59. The molecule has 0 radical (unpaired) electrons. The Hall–Kier alpha value is -2.77. The standard InChI is InChI=1S/C25H31N3O3S/c1-17(2)16-19-4-6-20(7-5-19)18(3)23(29)27-25(32)26-22-10-8-21(9-11-22)24(30)28-12-14-31-15-13-28/h4-11,17-18H,12-16H2,1-3H3,(H2,26,27,29,32). The normalized spacial score (nSPS) is 14.7. The Morgan fingerprint density at radius 2 is 1.62 bits per heavy atom. The molecule has 2 aromatic rings. The van der Waals surface area contributed by atoms with Crippen molar-refractivity contribution in [3.8, 4) is 0 Å². The quantitative estimate of drug-likeness (QED) is 0.648. The summed E-state index contributed by atoms with van der Waals surface area (Å²) in [7, 11) is 0. The van der Waals surface area contributed by atoms with Crippen molar-refractivity contribution in [3.63, 3.8) is 0 Å². The topological polar surface area (TPSA) is 70.7 Å². The van der Waals surface area contributed by atoms with E-state index in [4.69, 9.17) is 17.0 Å². The molecule has 1 aliphatic rings. The maximum absolute atomic E-state index is 12.6. The van der Waals surface area contributed by atoms with Gasteiger partial charge in [0.05, 0.1) is 19.1 Å². The third kappa shape index (κ3) is 6.61. The highest BCUT2D eigenvalue weighted by Gasteiger charge is 2.19. The maximum Gasteiger partial charge on any atom is 0.254 e. The summed E-state index contributed by atoms with van der Waals surface area (Å²) in [6.07, 6.45) is 1.02. The van der Waals surface area contributed by atoms with Gasteiger partial charge in [-0.05, 0) is 66.9 Å². The molecular formula is C25H31N3O3S. The fourth-order valence-corrected chi connectivity index (χ4v) is 3.81. The van der Waals surface area contributed by atoms with Crippen LogP contribution < -0.4 is 10.6 Å². The summed E-state index contributed by atoms with van der Waals surface area (Å²) < 4.78 is 5.29. The lowest BCUT2D eigenvalue weighted by molar-refractivity contribution is -0.120. The van der Waals surface area contributed by atoms with Gasteiger partial charge in [-0.2, -0.15) is 0 Å². The van der Waals surface area contributed by atoms with E-state index in [1.807, 2.05) is 19.1 Å². The van der Waals surface area contributed by atoms with Crippen molar-refractivity contribution < 1.29 is 14.3 Å². The van der Waals surface area contributed by atoms with E-state index in [-0.39, 0.29) is 22.8 Å². The number of thiocarbonyl (C=S) groups is 1. The van der Waals surface area contributed by atoms with E-state index < -0.39 is 0 Å². The highest BCUT2D eigenvalue weighted by Crippen LogP contribution is 2.18. The number of rotatable bonds is 6. The Morgan fingerprint density at radius 1 is 1.00 bits per heavy atom. The molecule has 0 aromatic heterocycles. The lowest BCUT2D eigenvalue weighted by atomic mass is 9.96. The van der Waals surface area contributed by atoms with Gasteiger partial charge in [-0.15, -0.1) is 0 Å². The Bertz CT molecular complexity index is 936. The number of hydrogen-bond acceptors (Lipinski definition) is 4. The number of hydrogen-bond donors (Lipinski definition) is 2. The van der Waals surface area contributed by atoms with Gasteiger partial charge < -0.3 is 20.3 Å². The molecule has 0 spiro atoms. The molecule has 170 valence electrons. The second-order valence-electron chi connectivity index (χ2n) is 8.49. The molecule has 6 nitrogen and oxygen atoms in total. The number of amides is 2. The number of morpholine rings is 1. The van der Waals surface area contributed by atoms with Crippen LogP contribution in [0.1, 0.15) is 48.2 Å². The highest BCUT2D eigenvalue weighted by molar-refractivity contribution is 7.80. The molecule has 1 aliphatic heterocycles. The number of ether oxygens (including phenoxy) is 1. The van der Waals surface area contributed by atoms with E-state index in [2.05, 4.69) is 36.6 Å². The maximum atomic E-state index is 12.6. The molecule has 7 heteroatoms. The van der Waals surface area contributed by atoms with Gasteiger partial charge in [0.1, 0.15) is 0 Å². The molecule has 0 saturated carbocycles. The third-order valence-electron chi connectivity index (χ3n) is 5.44. The summed E-state index contributed by atoms with van der Waals surface area (Å²) >= 11 is 5.30. The first-order chi connectivity index (χ1) is 15.3. The molecule has 0 aliphatic carbocycles. The van der Waals surface area contributed by atoms with Crippen LogP contribution in [0, 0.1) is 5.92 Å². The third-order valence-corrected chi connectivity index (χ3v) is 5.65. The van der Waals surface area contributed by atoms with Gasteiger partial charge >= 0.3 is 0 Å². The van der Waals surface area contributed by atoms with Crippen molar-refractivity contribution >= 4 is 34.8 Å². The Balaban J connectivity index is 1.52. The van der Waals surface area contributed by atoms with E-state index in [0.717, 1.165) is 12.0 Å². The number of anilines is 1. The number of benzene rings is 2. The van der Waals surface area contributed by atoms with Gasteiger partial charge in [0, 0.05) is 24.3 Å². The largest absolute Gasteiger partial charge is 0.378 e. The summed E-state index contributed by atoms with van der Waals surface area (Å²) in [5.41, 5.74) is 3.54. The number of nitrogens with zero attached hydrogens (tertiary/aromatic N) is 1. The minimum atomic E-state index is -0.323. The van der Waals surface area contributed by atoms with Gasteiger partial charge in [0.2, 0.25) is 5.91 Å². The minimum absolute atomic E-state index is 0.0102. The van der Waals surface area contributed by atoms with Crippen molar-refractivity contribution in [2.24, 2.45) is 5.92 Å². The zero-order valence-electron chi connectivity index (χ0n) is 18.9. The molecule has 32 heavy (non-hydrogen) atoms. The molecule has 2 N–H and O–H groups in total. The molecule has 1 fully saturated rings. The molecule has 3 rings (SSSR count). The van der Waals surface area contributed by atoms with Crippen LogP contribution in [0.3, 0.4) is 0 Å². The van der Waals surface area contributed by atoms with Crippen molar-refractivity contribution in [2.45, 2.75) is 33.1 Å². The second kappa shape index (κ2) is 11.2. The van der Waals surface area contributed by atoms with Crippen molar-refractivity contribution in [1.29, 1.82) is 0 Å². The molecule has 2 aromatic carbocycles. The zero-order chi connectivity index (χ0) is 23.1. The lowest BCUT2D eigenvalue weighted by Crippen LogP contribution is -2.40. The molecule has 1 saturated heterocycles. The van der Waals surface area contributed by atoms with Crippen LogP contribution in [0.4, 0.5) is 5.69 Å². The Labute approximate surface area is 195 Å². The number of carbonyl (C=O) groups excluding carboxylic acids is 2. The van der Waals surface area contributed by atoms with E-state index >= 15 is 0 Å². The van der Waals surface area contributed by atoms with Gasteiger partial charge in [0.25, 0.3) is 5.91 Å². The number of nitrogens with one attached hydrogen (secondary N) is 2. The van der Waals surface area contributed by atoms with Crippen molar-refractivity contribution in [1.82, 2.24) is 10.2 Å². The lowest BCUT2D eigenvalue weighted by Gasteiger charge is -2.26. The first-order valence-corrected chi connectivity index (χ1v) is 11.4. The van der Waals surface area contributed by atoms with E-state index in [0.29, 0.717) is 43.5 Å². The molecule has 2 amide bonds. The fraction of sp³-hybridized carbons (Fsp3) is 0.400. The van der Waals surface area contributed by atoms with Crippen LogP contribution in [-0.2, 0) is 16.0 Å². The van der Waals surface area contributed by atoms with E-state index in [1.165, 1.54) is 5.56 Å². The first kappa shape index (κ1) is 23.9. The van der Waals surface area contributed by atoms with E-state index in [1.54, 1.807) is 29.2 Å². The second-order valence-corrected chi connectivity index (χ2v) is 8.89. The average Bonchev–Trinajstić information content (AvgIpc) is 2.79. The van der Waals surface area contributed by atoms with Crippen LogP contribution in [0.2, 0.25) is 0 Å². The number of carbonyl (C=O) groups is 2. The summed E-state index contributed by atoms with van der Waals surface area (Å²) in [6, 6.07) is 15.2. The van der Waals surface area contributed by atoms with Crippen LogP contribution in [0.5, 0.6) is 0 Å². The first-order valence-electron chi connectivity index (χ1n) is 11.0. The highest BCUT2D eigenvalue weighted by atomic mass is 32.1. The Kier molecular flexibility index (Phi) is 8.36. The molecule has 1 heterocycles. The monoisotopic (exact) mass is 453 g/mol. The molecule has 1 unspecified atom stereocenters. The molecule has 1 atom stereocenters. The smallest absolute Gasteiger partial charge is 0.254 e. The zero-order valence-corrected chi connectivity index (χ0v) is 19.7. The van der Waals surface area contributed by atoms with Crippen molar-refractivity contribution in [2.75, 3.05) is 31.6 Å². The predicted molar refractivity (Wildman–Crippen MR) is 131 cm³/mol. The minimum Gasteiger partial charge on any atom is -0.378 e. The fourth-order valence-electron chi connectivity index (χ4n) is 3.59. The Morgan fingerprint density at radius 3 is 2.22 bits per heavy atom. The van der Waals surface area contributed by atoms with Crippen LogP contribution in [0.25, 0.3) is 0 Å². The van der Waals surface area contributed by atoms with Crippen LogP contribution in [0.15, 0.2) is 48.5 Å². The summed E-state index contributed by atoms with van der Waals surface area (Å²) in [5.74, 6) is 0.0927. The van der Waals surface area contributed by atoms with Gasteiger partial charge in [-0.25, -0.2) is 0 Å². The predicted octanol–water partition coefficient (Wildman–Crippen LogP) is 3.97. The average molecular weight is 454 g/mol. The van der Waals surface area contributed by atoms with Crippen LogP contribution in [-0.4, -0.2) is 48.1 Å². The summed E-state index contributed by atoms with van der Waals surface area (Å²) in [5, 5.41) is 5.99.